The molecule has 2 fully saturated rings. The molecule has 0 aromatic heterocycles. The molecule has 0 aliphatic carbocycles. The molecule has 0 bridgehead atoms. The predicted molar refractivity (Wildman–Crippen MR) is 140 cm³/mol. The van der Waals surface area contributed by atoms with Crippen molar-refractivity contribution in [3.05, 3.63) is 34.4 Å². The lowest BCUT2D eigenvalue weighted by Gasteiger charge is -2.39. The first kappa shape index (κ1) is 25.9. The van der Waals surface area contributed by atoms with Crippen LogP contribution in [0.4, 0.5) is 0 Å². The Labute approximate surface area is 205 Å². The number of hydrogen-bond donors (Lipinski definition) is 1. The van der Waals surface area contributed by atoms with Crippen molar-refractivity contribution in [3.63, 3.8) is 0 Å². The fourth-order valence-electron chi connectivity index (χ4n) is 4.91. The van der Waals surface area contributed by atoms with E-state index in [9.17, 15) is 4.79 Å². The van der Waals surface area contributed by atoms with Gasteiger partial charge in [0.25, 0.3) is 0 Å². The van der Waals surface area contributed by atoms with Gasteiger partial charge in [-0.1, -0.05) is 17.7 Å². The summed E-state index contributed by atoms with van der Waals surface area (Å²) in [4.78, 5) is 23.9. The molecule has 6 nitrogen and oxygen atoms in total. The molecule has 3 rings (SSSR count). The van der Waals surface area contributed by atoms with Crippen LogP contribution in [0.15, 0.2) is 17.1 Å². The summed E-state index contributed by atoms with van der Waals surface area (Å²) in [5, 5.41) is 3.55. The summed E-state index contributed by atoms with van der Waals surface area (Å²) >= 11 is 0. The lowest BCUT2D eigenvalue weighted by molar-refractivity contribution is -0.135. The van der Waals surface area contributed by atoms with Crippen molar-refractivity contribution in [3.8, 4) is 0 Å². The van der Waals surface area contributed by atoms with E-state index in [1.165, 1.54) is 22.3 Å². The molecule has 1 aromatic rings. The van der Waals surface area contributed by atoms with E-state index in [-0.39, 0.29) is 30.0 Å². The summed E-state index contributed by atoms with van der Waals surface area (Å²) in [5.74, 6) is 1.27. The molecule has 1 unspecified atom stereocenters. The van der Waals surface area contributed by atoms with E-state index in [2.05, 4.69) is 59.9 Å². The SMILES string of the molecule is CN=C(NCCc1c(C)cc(C)cc1C)N1CCN(C(C)C(=O)N2CCCC2)CC1.I. The Morgan fingerprint density at radius 3 is 2.13 bits per heavy atom. The average Bonchev–Trinajstić information content (AvgIpc) is 3.27. The number of aryl methyl sites for hydroxylation is 3. The molecule has 2 aliphatic heterocycles. The van der Waals surface area contributed by atoms with Crippen LogP contribution in [0.2, 0.25) is 0 Å². The minimum absolute atomic E-state index is 0. The highest BCUT2D eigenvalue weighted by molar-refractivity contribution is 14.0. The van der Waals surface area contributed by atoms with Gasteiger partial charge in [-0.15, -0.1) is 24.0 Å². The molecule has 1 N–H and O–H groups in total. The molecule has 7 heteroatoms. The van der Waals surface area contributed by atoms with E-state index in [0.29, 0.717) is 5.91 Å². The molecular formula is C24H40IN5O. The third-order valence-electron chi connectivity index (χ3n) is 6.65. The number of aliphatic imine (C=N–C) groups is 1. The van der Waals surface area contributed by atoms with Gasteiger partial charge >= 0.3 is 0 Å². The number of carbonyl (C=O) groups is 1. The van der Waals surface area contributed by atoms with Gasteiger partial charge in [0.05, 0.1) is 6.04 Å². The Kier molecular flexibility index (Phi) is 10.1. The quantitative estimate of drug-likeness (QED) is 0.354. The van der Waals surface area contributed by atoms with Gasteiger partial charge in [0.2, 0.25) is 5.91 Å². The van der Waals surface area contributed by atoms with Gasteiger partial charge in [0, 0.05) is 52.9 Å². The molecule has 0 saturated carbocycles. The van der Waals surface area contributed by atoms with Crippen molar-refractivity contribution in [2.45, 2.75) is 53.0 Å². The Morgan fingerprint density at radius 1 is 1.00 bits per heavy atom. The third-order valence-corrected chi connectivity index (χ3v) is 6.65. The number of benzene rings is 1. The van der Waals surface area contributed by atoms with Gasteiger partial charge in [0.15, 0.2) is 5.96 Å². The van der Waals surface area contributed by atoms with Crippen LogP contribution in [-0.4, -0.2) is 85.5 Å². The standard InChI is InChI=1S/C24H39N5O.HI/c1-18-16-19(2)22(20(3)17-18)8-9-26-24(25-5)29-14-12-27(13-15-29)21(4)23(30)28-10-6-7-11-28;/h16-17,21H,6-15H2,1-5H3,(H,25,26);1H. The number of piperazine rings is 1. The summed E-state index contributed by atoms with van der Waals surface area (Å²) in [6.45, 7) is 15.0. The Balaban J connectivity index is 0.00000341. The molecule has 1 aromatic carbocycles. The zero-order chi connectivity index (χ0) is 21.7. The summed E-state index contributed by atoms with van der Waals surface area (Å²) in [7, 11) is 1.86. The highest BCUT2D eigenvalue weighted by Crippen LogP contribution is 2.17. The van der Waals surface area contributed by atoms with Crippen molar-refractivity contribution < 1.29 is 4.79 Å². The maximum Gasteiger partial charge on any atom is 0.239 e. The number of hydrogen-bond acceptors (Lipinski definition) is 3. The van der Waals surface area contributed by atoms with E-state index in [1.807, 2.05) is 11.9 Å². The minimum Gasteiger partial charge on any atom is -0.356 e. The summed E-state index contributed by atoms with van der Waals surface area (Å²) in [5.41, 5.74) is 5.50. The first-order chi connectivity index (χ1) is 14.4. The van der Waals surface area contributed by atoms with Crippen molar-refractivity contribution in [2.75, 3.05) is 52.9 Å². The number of amides is 1. The molecule has 2 saturated heterocycles. The molecule has 2 heterocycles. The Bertz CT molecular complexity index is 744. The molecule has 174 valence electrons. The van der Waals surface area contributed by atoms with E-state index in [4.69, 9.17) is 0 Å². The number of guanidine groups is 1. The number of likely N-dealkylation sites (tertiary alicyclic amines) is 1. The van der Waals surface area contributed by atoms with E-state index >= 15 is 0 Å². The first-order valence-electron chi connectivity index (χ1n) is 11.5. The lowest BCUT2D eigenvalue weighted by atomic mass is 9.97. The summed E-state index contributed by atoms with van der Waals surface area (Å²) < 4.78 is 0. The number of halogens is 1. The molecule has 0 spiro atoms. The fourth-order valence-corrected chi connectivity index (χ4v) is 4.91. The summed E-state index contributed by atoms with van der Waals surface area (Å²) in [6, 6.07) is 4.51. The maximum atomic E-state index is 12.7. The monoisotopic (exact) mass is 541 g/mol. The zero-order valence-corrected chi connectivity index (χ0v) is 22.2. The van der Waals surface area contributed by atoms with E-state index in [1.54, 1.807) is 0 Å². The van der Waals surface area contributed by atoms with E-state index < -0.39 is 0 Å². The molecular weight excluding hydrogens is 501 g/mol. The normalized spacial score (nSPS) is 18.7. The van der Waals surface area contributed by atoms with Crippen molar-refractivity contribution in [2.24, 2.45) is 4.99 Å². The second-order valence-corrected chi connectivity index (χ2v) is 8.83. The number of nitrogens with one attached hydrogen (secondary N) is 1. The Morgan fingerprint density at radius 2 is 1.58 bits per heavy atom. The number of rotatable bonds is 5. The molecule has 1 amide bonds. The van der Waals surface area contributed by atoms with Crippen molar-refractivity contribution in [1.82, 2.24) is 20.0 Å². The van der Waals surface area contributed by atoms with Crippen LogP contribution in [0.5, 0.6) is 0 Å². The van der Waals surface area contributed by atoms with Crippen LogP contribution in [0.25, 0.3) is 0 Å². The highest BCUT2D eigenvalue weighted by Gasteiger charge is 2.30. The van der Waals surface area contributed by atoms with Crippen LogP contribution >= 0.6 is 24.0 Å². The van der Waals surface area contributed by atoms with Crippen molar-refractivity contribution >= 4 is 35.8 Å². The van der Waals surface area contributed by atoms with Crippen LogP contribution in [0.1, 0.15) is 42.0 Å². The van der Waals surface area contributed by atoms with Gasteiger partial charge in [-0.2, -0.15) is 0 Å². The van der Waals surface area contributed by atoms with Gasteiger partial charge in [-0.05, 0) is 63.6 Å². The van der Waals surface area contributed by atoms with E-state index in [0.717, 1.165) is 71.0 Å². The van der Waals surface area contributed by atoms with Gasteiger partial charge in [0.1, 0.15) is 0 Å². The van der Waals surface area contributed by atoms with Gasteiger partial charge in [-0.25, -0.2) is 0 Å². The molecule has 2 aliphatic rings. The van der Waals surface area contributed by atoms with Crippen LogP contribution < -0.4 is 5.32 Å². The predicted octanol–water partition coefficient (Wildman–Crippen LogP) is 2.98. The molecule has 1 atom stereocenters. The van der Waals surface area contributed by atoms with Crippen LogP contribution in [-0.2, 0) is 11.2 Å². The zero-order valence-electron chi connectivity index (χ0n) is 19.9. The molecule has 31 heavy (non-hydrogen) atoms. The number of nitrogens with zero attached hydrogens (tertiary/aromatic N) is 4. The van der Waals surface area contributed by atoms with Crippen LogP contribution in [0.3, 0.4) is 0 Å². The average molecular weight is 542 g/mol. The van der Waals surface area contributed by atoms with Crippen molar-refractivity contribution in [1.29, 1.82) is 0 Å². The third kappa shape index (κ3) is 6.57. The van der Waals surface area contributed by atoms with Gasteiger partial charge in [-0.3, -0.25) is 14.7 Å². The smallest absolute Gasteiger partial charge is 0.239 e. The second kappa shape index (κ2) is 12.0. The maximum absolute atomic E-state index is 12.7. The molecule has 0 radical (unpaired) electrons. The lowest BCUT2D eigenvalue weighted by Crippen LogP contribution is -2.57. The second-order valence-electron chi connectivity index (χ2n) is 8.83. The highest BCUT2D eigenvalue weighted by atomic mass is 127. The summed E-state index contributed by atoms with van der Waals surface area (Å²) in [6.07, 6.45) is 3.30. The fraction of sp³-hybridized carbons (Fsp3) is 0.667. The van der Waals surface area contributed by atoms with Gasteiger partial charge < -0.3 is 15.1 Å². The topological polar surface area (TPSA) is 51.2 Å². The number of carbonyl (C=O) groups excluding carboxylic acids is 1. The largest absolute Gasteiger partial charge is 0.356 e. The van der Waals surface area contributed by atoms with Crippen LogP contribution in [0, 0.1) is 20.8 Å². The minimum atomic E-state index is -0.0206. The Hall–Kier alpha value is -1.35. The first-order valence-corrected chi connectivity index (χ1v) is 11.5.